The second kappa shape index (κ2) is 7.60. The molecule has 0 bridgehead atoms. The molecule has 0 aromatic rings. The SMILES string of the molecule is CC(=O)NC(CCCNC(=O)OC(C)(C)C)C(=O)O. The van der Waals surface area contributed by atoms with Crippen molar-refractivity contribution in [1.29, 1.82) is 0 Å². The summed E-state index contributed by atoms with van der Waals surface area (Å²) in [6.07, 6.45) is 0.125. The number of alkyl carbamates (subject to hydrolysis) is 1. The Kier molecular flexibility index (Phi) is 6.89. The molecular weight excluding hydrogens is 252 g/mol. The lowest BCUT2D eigenvalue weighted by atomic mass is 10.1. The van der Waals surface area contributed by atoms with Gasteiger partial charge in [0.05, 0.1) is 0 Å². The number of hydrogen-bond acceptors (Lipinski definition) is 4. The van der Waals surface area contributed by atoms with Crippen LogP contribution in [0.15, 0.2) is 0 Å². The first-order valence-corrected chi connectivity index (χ1v) is 6.08. The molecule has 1 atom stereocenters. The van der Waals surface area contributed by atoms with Crippen molar-refractivity contribution in [1.82, 2.24) is 10.6 Å². The highest BCUT2D eigenvalue weighted by Crippen LogP contribution is 2.06. The van der Waals surface area contributed by atoms with Crippen LogP contribution in [0.2, 0.25) is 0 Å². The summed E-state index contributed by atoms with van der Waals surface area (Å²) in [5, 5.41) is 13.7. The van der Waals surface area contributed by atoms with Crippen LogP contribution in [0.1, 0.15) is 40.5 Å². The first-order valence-electron chi connectivity index (χ1n) is 6.08. The van der Waals surface area contributed by atoms with E-state index >= 15 is 0 Å². The Morgan fingerprint density at radius 3 is 2.26 bits per heavy atom. The molecule has 0 saturated heterocycles. The molecule has 0 heterocycles. The quantitative estimate of drug-likeness (QED) is 0.624. The van der Waals surface area contributed by atoms with Crippen LogP contribution in [0.25, 0.3) is 0 Å². The molecule has 7 nitrogen and oxygen atoms in total. The van der Waals surface area contributed by atoms with E-state index in [9.17, 15) is 14.4 Å². The highest BCUT2D eigenvalue weighted by Gasteiger charge is 2.18. The van der Waals surface area contributed by atoms with E-state index in [-0.39, 0.29) is 13.0 Å². The predicted molar refractivity (Wildman–Crippen MR) is 68.7 cm³/mol. The van der Waals surface area contributed by atoms with Gasteiger partial charge >= 0.3 is 12.1 Å². The Bertz CT molecular complexity index is 336. The summed E-state index contributed by atoms with van der Waals surface area (Å²) >= 11 is 0. The topological polar surface area (TPSA) is 105 Å². The Morgan fingerprint density at radius 1 is 1.26 bits per heavy atom. The van der Waals surface area contributed by atoms with E-state index in [2.05, 4.69) is 10.6 Å². The number of amides is 2. The van der Waals surface area contributed by atoms with Crippen molar-refractivity contribution < 1.29 is 24.2 Å². The van der Waals surface area contributed by atoms with Crippen LogP contribution < -0.4 is 10.6 Å². The summed E-state index contributed by atoms with van der Waals surface area (Å²) in [7, 11) is 0. The summed E-state index contributed by atoms with van der Waals surface area (Å²) in [6.45, 7) is 6.81. The lowest BCUT2D eigenvalue weighted by Gasteiger charge is -2.20. The van der Waals surface area contributed by atoms with Gasteiger partial charge in [0.2, 0.25) is 5.91 Å². The van der Waals surface area contributed by atoms with E-state index in [0.717, 1.165) is 0 Å². The van der Waals surface area contributed by atoms with Crippen molar-refractivity contribution >= 4 is 18.0 Å². The summed E-state index contributed by atoms with van der Waals surface area (Å²) < 4.78 is 5.02. The average molecular weight is 274 g/mol. The number of rotatable bonds is 6. The van der Waals surface area contributed by atoms with Gasteiger partial charge < -0.3 is 20.5 Å². The molecule has 2 amide bonds. The number of nitrogens with one attached hydrogen (secondary N) is 2. The molecule has 7 heteroatoms. The molecule has 0 aromatic carbocycles. The molecular formula is C12H22N2O5. The van der Waals surface area contributed by atoms with E-state index in [4.69, 9.17) is 9.84 Å². The van der Waals surface area contributed by atoms with Gasteiger partial charge in [-0.2, -0.15) is 0 Å². The van der Waals surface area contributed by atoms with E-state index in [1.165, 1.54) is 6.92 Å². The first-order chi connectivity index (χ1) is 8.61. The van der Waals surface area contributed by atoms with Crippen molar-refractivity contribution in [2.24, 2.45) is 0 Å². The number of hydrogen-bond donors (Lipinski definition) is 3. The second-order valence-corrected chi connectivity index (χ2v) is 5.16. The lowest BCUT2D eigenvalue weighted by molar-refractivity contribution is -0.141. The molecule has 0 rings (SSSR count). The molecule has 0 aliphatic carbocycles. The van der Waals surface area contributed by atoms with Crippen LogP contribution in [0.4, 0.5) is 4.79 Å². The van der Waals surface area contributed by atoms with Crippen molar-refractivity contribution in [3.63, 3.8) is 0 Å². The Morgan fingerprint density at radius 2 is 1.84 bits per heavy atom. The molecule has 19 heavy (non-hydrogen) atoms. The molecule has 0 fully saturated rings. The summed E-state index contributed by atoms with van der Waals surface area (Å²) in [5.41, 5.74) is -0.566. The van der Waals surface area contributed by atoms with Gasteiger partial charge in [0.25, 0.3) is 0 Å². The van der Waals surface area contributed by atoms with Gasteiger partial charge in [0.15, 0.2) is 0 Å². The van der Waals surface area contributed by atoms with Crippen molar-refractivity contribution in [2.75, 3.05) is 6.54 Å². The zero-order chi connectivity index (χ0) is 15.1. The molecule has 3 N–H and O–H groups in total. The fraction of sp³-hybridized carbons (Fsp3) is 0.750. The highest BCUT2D eigenvalue weighted by atomic mass is 16.6. The number of carbonyl (C=O) groups is 3. The summed E-state index contributed by atoms with van der Waals surface area (Å²) in [5.74, 6) is -1.49. The van der Waals surface area contributed by atoms with Crippen LogP contribution in [0, 0.1) is 0 Å². The van der Waals surface area contributed by atoms with Crippen molar-refractivity contribution in [3.8, 4) is 0 Å². The maximum Gasteiger partial charge on any atom is 0.407 e. The third-order valence-electron chi connectivity index (χ3n) is 2.01. The Balaban J connectivity index is 3.92. The average Bonchev–Trinajstić information content (AvgIpc) is 2.19. The van der Waals surface area contributed by atoms with Crippen molar-refractivity contribution in [2.45, 2.75) is 52.2 Å². The third kappa shape index (κ3) is 9.87. The zero-order valence-electron chi connectivity index (χ0n) is 11.8. The van der Waals surface area contributed by atoms with E-state index < -0.39 is 29.6 Å². The molecule has 0 aromatic heterocycles. The van der Waals surface area contributed by atoms with Crippen LogP contribution in [0.5, 0.6) is 0 Å². The van der Waals surface area contributed by atoms with E-state index in [1.807, 2.05) is 0 Å². The standard InChI is InChI=1S/C12H22N2O5/c1-8(15)14-9(10(16)17)6-5-7-13-11(18)19-12(2,3)4/h9H,5-7H2,1-4H3,(H,13,18)(H,14,15)(H,16,17). The van der Waals surface area contributed by atoms with Crippen LogP contribution in [-0.4, -0.2) is 41.3 Å². The normalized spacial score (nSPS) is 12.4. The zero-order valence-corrected chi connectivity index (χ0v) is 11.8. The maximum atomic E-state index is 11.3. The smallest absolute Gasteiger partial charge is 0.407 e. The Labute approximate surface area is 112 Å². The van der Waals surface area contributed by atoms with Gasteiger partial charge in [0.1, 0.15) is 11.6 Å². The minimum Gasteiger partial charge on any atom is -0.480 e. The van der Waals surface area contributed by atoms with Crippen LogP contribution in [-0.2, 0) is 14.3 Å². The maximum absolute atomic E-state index is 11.3. The van der Waals surface area contributed by atoms with Crippen LogP contribution >= 0.6 is 0 Å². The predicted octanol–water partition coefficient (Wildman–Crippen LogP) is 0.881. The second-order valence-electron chi connectivity index (χ2n) is 5.16. The molecule has 0 aliphatic heterocycles. The number of ether oxygens (including phenoxy) is 1. The van der Waals surface area contributed by atoms with E-state index in [0.29, 0.717) is 6.42 Å². The van der Waals surface area contributed by atoms with Crippen LogP contribution in [0.3, 0.4) is 0 Å². The fourth-order valence-corrected chi connectivity index (χ4v) is 1.31. The van der Waals surface area contributed by atoms with Gasteiger partial charge in [0, 0.05) is 13.5 Å². The van der Waals surface area contributed by atoms with E-state index in [1.54, 1.807) is 20.8 Å². The first kappa shape index (κ1) is 17.2. The number of carboxylic acids is 1. The van der Waals surface area contributed by atoms with Gasteiger partial charge in [-0.15, -0.1) is 0 Å². The molecule has 0 aliphatic rings. The van der Waals surface area contributed by atoms with Gasteiger partial charge in [-0.1, -0.05) is 0 Å². The van der Waals surface area contributed by atoms with Gasteiger partial charge in [-0.25, -0.2) is 9.59 Å². The minimum atomic E-state index is -1.09. The summed E-state index contributed by atoms with van der Waals surface area (Å²) in [6, 6.07) is -0.932. The molecule has 0 spiro atoms. The van der Waals surface area contributed by atoms with Crippen molar-refractivity contribution in [3.05, 3.63) is 0 Å². The van der Waals surface area contributed by atoms with Gasteiger partial charge in [-0.05, 0) is 33.6 Å². The lowest BCUT2D eigenvalue weighted by Crippen LogP contribution is -2.40. The fourth-order valence-electron chi connectivity index (χ4n) is 1.31. The monoisotopic (exact) mass is 274 g/mol. The Hall–Kier alpha value is -1.79. The summed E-state index contributed by atoms with van der Waals surface area (Å²) in [4.78, 5) is 32.9. The molecule has 0 radical (unpaired) electrons. The molecule has 1 unspecified atom stereocenters. The highest BCUT2D eigenvalue weighted by molar-refractivity contribution is 5.81. The number of aliphatic carboxylic acids is 1. The largest absolute Gasteiger partial charge is 0.480 e. The molecule has 0 saturated carbocycles. The minimum absolute atomic E-state index is 0.241. The molecule has 110 valence electrons. The van der Waals surface area contributed by atoms with Gasteiger partial charge in [-0.3, -0.25) is 4.79 Å². The third-order valence-corrected chi connectivity index (χ3v) is 2.01. The number of carboxylic acid groups (broad SMARTS) is 1. The number of carbonyl (C=O) groups excluding carboxylic acids is 2.